The normalized spacial score (nSPS) is 18.3. The highest BCUT2D eigenvalue weighted by Gasteiger charge is 2.21. The van der Waals surface area contributed by atoms with Crippen LogP contribution < -0.4 is 5.32 Å². The van der Waals surface area contributed by atoms with Crippen LogP contribution in [-0.2, 0) is 13.0 Å². The van der Waals surface area contributed by atoms with Gasteiger partial charge in [0, 0.05) is 37.0 Å². The molecular weight excluding hydrogens is 326 g/mol. The van der Waals surface area contributed by atoms with Crippen molar-refractivity contribution >= 4 is 11.5 Å². The lowest BCUT2D eigenvalue weighted by atomic mass is 10.0. The lowest BCUT2D eigenvalue weighted by Crippen LogP contribution is -2.42. The van der Waals surface area contributed by atoms with Crippen molar-refractivity contribution in [3.8, 4) is 5.75 Å². The highest BCUT2D eigenvalue weighted by Crippen LogP contribution is 2.20. The average Bonchev–Trinajstić information content (AvgIpc) is 3.11. The second-order valence-corrected chi connectivity index (χ2v) is 6.98. The van der Waals surface area contributed by atoms with Gasteiger partial charge in [0.05, 0.1) is 6.20 Å². The van der Waals surface area contributed by atoms with Gasteiger partial charge in [-0.15, -0.1) is 0 Å². The van der Waals surface area contributed by atoms with E-state index in [0.717, 1.165) is 61.6 Å². The van der Waals surface area contributed by atoms with Gasteiger partial charge in [-0.05, 0) is 43.5 Å². The van der Waals surface area contributed by atoms with Crippen molar-refractivity contribution in [3.05, 3.63) is 53.9 Å². The van der Waals surface area contributed by atoms with Gasteiger partial charge in [0.2, 0.25) is 0 Å². The standard InChI is InChI=1S/C20H25N5O/c1-2-16-12-20(25-19(22-16)8-9-21-25)23-17-6-4-10-24(14-17)13-15-5-3-7-18(26)11-15/h3,5,7-9,11-12,17,23,26H,2,4,6,10,13-14H2,1H3/t17-/m1/s1. The largest absolute Gasteiger partial charge is 0.508 e. The number of hydrogen-bond donors (Lipinski definition) is 2. The minimum atomic E-state index is 0.333. The van der Waals surface area contributed by atoms with Crippen LogP contribution in [0.3, 0.4) is 0 Å². The van der Waals surface area contributed by atoms with Crippen molar-refractivity contribution in [1.82, 2.24) is 19.5 Å². The molecule has 0 amide bonds. The summed E-state index contributed by atoms with van der Waals surface area (Å²) in [7, 11) is 0. The first-order chi connectivity index (χ1) is 12.7. The molecular formula is C20H25N5O. The Hall–Kier alpha value is -2.60. The van der Waals surface area contributed by atoms with Gasteiger partial charge in [0.15, 0.2) is 5.65 Å². The minimum Gasteiger partial charge on any atom is -0.508 e. The molecule has 0 aliphatic carbocycles. The van der Waals surface area contributed by atoms with Crippen molar-refractivity contribution in [3.63, 3.8) is 0 Å². The van der Waals surface area contributed by atoms with Gasteiger partial charge in [-0.3, -0.25) is 4.90 Å². The molecule has 2 N–H and O–H groups in total. The molecule has 0 bridgehead atoms. The number of likely N-dealkylation sites (tertiary alicyclic amines) is 1. The summed E-state index contributed by atoms with van der Waals surface area (Å²) in [5, 5.41) is 17.8. The first-order valence-corrected chi connectivity index (χ1v) is 9.32. The van der Waals surface area contributed by atoms with E-state index in [1.54, 1.807) is 12.3 Å². The predicted octanol–water partition coefficient (Wildman–Crippen LogP) is 3.07. The molecule has 1 atom stereocenters. The van der Waals surface area contributed by atoms with E-state index in [1.807, 2.05) is 22.7 Å². The lowest BCUT2D eigenvalue weighted by molar-refractivity contribution is 0.208. The van der Waals surface area contributed by atoms with E-state index in [0.29, 0.717) is 11.8 Å². The van der Waals surface area contributed by atoms with Crippen LogP contribution in [0.4, 0.5) is 5.82 Å². The van der Waals surface area contributed by atoms with Crippen LogP contribution >= 0.6 is 0 Å². The quantitative estimate of drug-likeness (QED) is 0.739. The van der Waals surface area contributed by atoms with Crippen LogP contribution in [0.5, 0.6) is 5.75 Å². The van der Waals surface area contributed by atoms with Gasteiger partial charge in [-0.1, -0.05) is 19.1 Å². The fraction of sp³-hybridized carbons (Fsp3) is 0.400. The topological polar surface area (TPSA) is 65.7 Å². The van der Waals surface area contributed by atoms with E-state index in [4.69, 9.17) is 0 Å². The lowest BCUT2D eigenvalue weighted by Gasteiger charge is -2.33. The van der Waals surface area contributed by atoms with E-state index in [9.17, 15) is 5.11 Å². The molecule has 6 nitrogen and oxygen atoms in total. The number of hydrogen-bond acceptors (Lipinski definition) is 5. The number of benzene rings is 1. The van der Waals surface area contributed by atoms with Crippen LogP contribution in [0, 0.1) is 0 Å². The summed E-state index contributed by atoms with van der Waals surface area (Å²) in [6.45, 7) is 5.04. The third-order valence-corrected chi connectivity index (χ3v) is 4.95. The Labute approximate surface area is 153 Å². The summed E-state index contributed by atoms with van der Waals surface area (Å²) in [4.78, 5) is 7.06. The highest BCUT2D eigenvalue weighted by molar-refractivity contribution is 5.49. The fourth-order valence-electron chi connectivity index (χ4n) is 3.69. The average molecular weight is 351 g/mol. The van der Waals surface area contributed by atoms with Crippen LogP contribution in [0.25, 0.3) is 5.65 Å². The molecule has 26 heavy (non-hydrogen) atoms. The molecule has 1 fully saturated rings. The van der Waals surface area contributed by atoms with Gasteiger partial charge < -0.3 is 10.4 Å². The van der Waals surface area contributed by atoms with Gasteiger partial charge in [0.1, 0.15) is 11.6 Å². The van der Waals surface area contributed by atoms with Gasteiger partial charge in [-0.2, -0.15) is 9.61 Å². The fourth-order valence-corrected chi connectivity index (χ4v) is 3.69. The van der Waals surface area contributed by atoms with Crippen molar-refractivity contribution in [1.29, 1.82) is 0 Å². The first kappa shape index (κ1) is 16.8. The molecule has 0 spiro atoms. The Bertz CT molecular complexity index is 891. The Balaban J connectivity index is 1.48. The third-order valence-electron chi connectivity index (χ3n) is 4.95. The highest BCUT2D eigenvalue weighted by atomic mass is 16.3. The number of fused-ring (bicyclic) bond motifs is 1. The Morgan fingerprint density at radius 3 is 3.04 bits per heavy atom. The van der Waals surface area contributed by atoms with Crippen LogP contribution in [0.15, 0.2) is 42.6 Å². The van der Waals surface area contributed by atoms with E-state index in [1.165, 1.54) is 0 Å². The van der Waals surface area contributed by atoms with Gasteiger partial charge >= 0.3 is 0 Å². The predicted molar refractivity (Wildman–Crippen MR) is 102 cm³/mol. The summed E-state index contributed by atoms with van der Waals surface area (Å²) in [6, 6.07) is 12.0. The molecule has 4 rings (SSSR count). The van der Waals surface area contributed by atoms with Crippen LogP contribution in [0.1, 0.15) is 31.0 Å². The zero-order valence-corrected chi connectivity index (χ0v) is 15.1. The van der Waals surface area contributed by atoms with Crippen molar-refractivity contribution in [2.24, 2.45) is 0 Å². The summed E-state index contributed by atoms with van der Waals surface area (Å²) >= 11 is 0. The summed E-state index contributed by atoms with van der Waals surface area (Å²) in [6.07, 6.45) is 5.00. The SMILES string of the molecule is CCc1cc(N[C@@H]2CCCN(Cc3cccc(O)c3)C2)n2nccc2n1. The molecule has 0 radical (unpaired) electrons. The number of aromatic hydroxyl groups is 1. The number of aryl methyl sites for hydroxylation is 1. The molecule has 3 heterocycles. The van der Waals surface area contributed by atoms with E-state index in [2.05, 4.69) is 39.4 Å². The van der Waals surface area contributed by atoms with Crippen LogP contribution in [0.2, 0.25) is 0 Å². The van der Waals surface area contributed by atoms with Gasteiger partial charge in [-0.25, -0.2) is 4.98 Å². The maximum atomic E-state index is 9.67. The molecule has 0 saturated carbocycles. The van der Waals surface area contributed by atoms with Crippen LogP contribution in [-0.4, -0.2) is 43.7 Å². The molecule has 136 valence electrons. The number of phenolic OH excluding ortho intramolecular Hbond substituents is 1. The summed E-state index contributed by atoms with van der Waals surface area (Å²) < 4.78 is 1.88. The molecule has 1 aromatic carbocycles. The van der Waals surface area contributed by atoms with E-state index in [-0.39, 0.29) is 0 Å². The molecule has 3 aromatic rings. The van der Waals surface area contributed by atoms with Gasteiger partial charge in [0.25, 0.3) is 0 Å². The number of nitrogens with zero attached hydrogens (tertiary/aromatic N) is 4. The number of anilines is 1. The Morgan fingerprint density at radius 1 is 1.27 bits per heavy atom. The zero-order valence-electron chi connectivity index (χ0n) is 15.1. The Morgan fingerprint density at radius 2 is 2.19 bits per heavy atom. The minimum absolute atomic E-state index is 0.333. The second kappa shape index (κ2) is 7.33. The van der Waals surface area contributed by atoms with Crippen molar-refractivity contribution in [2.75, 3.05) is 18.4 Å². The number of piperidine rings is 1. The maximum Gasteiger partial charge on any atom is 0.157 e. The smallest absolute Gasteiger partial charge is 0.157 e. The number of rotatable bonds is 5. The number of aromatic nitrogens is 3. The molecule has 2 aromatic heterocycles. The molecule has 6 heteroatoms. The first-order valence-electron chi connectivity index (χ1n) is 9.32. The molecule has 1 aliphatic rings. The summed E-state index contributed by atoms with van der Waals surface area (Å²) in [5.74, 6) is 1.35. The van der Waals surface area contributed by atoms with E-state index >= 15 is 0 Å². The Kier molecular flexibility index (Phi) is 4.75. The molecule has 1 saturated heterocycles. The summed E-state index contributed by atoms with van der Waals surface area (Å²) in [5.41, 5.74) is 3.12. The van der Waals surface area contributed by atoms with Crippen molar-refractivity contribution < 1.29 is 5.11 Å². The second-order valence-electron chi connectivity index (χ2n) is 6.98. The maximum absolute atomic E-state index is 9.67. The van der Waals surface area contributed by atoms with Crippen molar-refractivity contribution in [2.45, 2.75) is 38.8 Å². The molecule has 1 aliphatic heterocycles. The monoisotopic (exact) mass is 351 g/mol. The number of nitrogens with one attached hydrogen (secondary N) is 1. The number of phenols is 1. The zero-order chi connectivity index (χ0) is 17.9. The van der Waals surface area contributed by atoms with E-state index < -0.39 is 0 Å². The molecule has 0 unspecified atom stereocenters. The third kappa shape index (κ3) is 3.65.